The van der Waals surface area contributed by atoms with Crippen LogP contribution in [-0.4, -0.2) is 42.9 Å². The Morgan fingerprint density at radius 3 is 1.80 bits per heavy atom. The van der Waals surface area contributed by atoms with Gasteiger partial charge in [0.15, 0.2) is 0 Å². The number of rotatable bonds is 12. The smallest absolute Gasteiger partial charge is 0.308 e. The minimum absolute atomic E-state index is 0.0728. The molecule has 0 aliphatic heterocycles. The minimum Gasteiger partial charge on any atom is -0.481 e. The number of hydrogen-bond donors (Lipinski definition) is 2. The first-order chi connectivity index (χ1) is 16.7. The summed E-state index contributed by atoms with van der Waals surface area (Å²) in [6.07, 6.45) is -1.40. The Morgan fingerprint density at radius 2 is 1.31 bits per heavy atom. The maximum absolute atomic E-state index is 12.4. The van der Waals surface area contributed by atoms with E-state index in [2.05, 4.69) is 0 Å². The average Bonchev–Trinajstić information content (AvgIpc) is 2.87. The zero-order valence-electron chi connectivity index (χ0n) is 20.1. The number of carboxylic acids is 1. The summed E-state index contributed by atoms with van der Waals surface area (Å²) >= 11 is 0. The molecule has 0 saturated heterocycles. The Morgan fingerprint density at radius 1 is 0.829 bits per heavy atom. The Hall–Kier alpha value is -3.26. The molecule has 0 aromatic heterocycles. The second kappa shape index (κ2) is 11.9. The number of hydrogen-bond acceptors (Lipinski definition) is 5. The van der Waals surface area contributed by atoms with Gasteiger partial charge in [0.2, 0.25) is 0 Å². The van der Waals surface area contributed by atoms with Crippen LogP contribution in [0.5, 0.6) is 0 Å². The van der Waals surface area contributed by atoms with E-state index < -0.39 is 31.4 Å². The van der Waals surface area contributed by atoms with Crippen LogP contribution in [0.2, 0.25) is 5.04 Å². The molecule has 0 radical (unpaired) electrons. The van der Waals surface area contributed by atoms with Gasteiger partial charge >= 0.3 is 11.9 Å². The molecule has 2 N–H and O–H groups in total. The average molecular weight is 493 g/mol. The lowest BCUT2D eigenvalue weighted by Crippen LogP contribution is -2.66. The number of aliphatic carboxylic acids is 1. The van der Waals surface area contributed by atoms with Crippen molar-refractivity contribution < 1.29 is 29.0 Å². The van der Waals surface area contributed by atoms with Crippen LogP contribution in [-0.2, 0) is 25.7 Å². The zero-order valence-corrected chi connectivity index (χ0v) is 21.1. The molecule has 0 fully saturated rings. The number of ether oxygens (including phenoxy) is 2. The van der Waals surface area contributed by atoms with E-state index in [9.17, 15) is 19.5 Å². The molecule has 0 heterocycles. The largest absolute Gasteiger partial charge is 0.481 e. The molecule has 0 saturated carbocycles. The molecule has 3 aromatic carbocycles. The van der Waals surface area contributed by atoms with Gasteiger partial charge < -0.3 is 19.4 Å². The monoisotopic (exact) mass is 492 g/mol. The normalized spacial score (nSPS) is 12.7. The number of carbonyl (C=O) groups excluding carboxylic acids is 1. The fourth-order valence-electron chi connectivity index (χ4n) is 4.11. The van der Waals surface area contributed by atoms with Gasteiger partial charge in [-0.3, -0.25) is 9.59 Å². The Labute approximate surface area is 207 Å². The van der Waals surface area contributed by atoms with Crippen molar-refractivity contribution in [2.24, 2.45) is 0 Å². The first kappa shape index (κ1) is 26.3. The molecule has 0 bridgehead atoms. The summed E-state index contributed by atoms with van der Waals surface area (Å²) in [6, 6.07) is 28.3. The third kappa shape index (κ3) is 6.88. The van der Waals surface area contributed by atoms with E-state index in [1.54, 1.807) is 0 Å². The van der Waals surface area contributed by atoms with Gasteiger partial charge in [-0.05, 0) is 15.9 Å². The third-order valence-electron chi connectivity index (χ3n) is 6.08. The predicted octanol–water partition coefficient (Wildman–Crippen LogP) is 3.51. The summed E-state index contributed by atoms with van der Waals surface area (Å²) in [4.78, 5) is 36.1. The summed E-state index contributed by atoms with van der Waals surface area (Å²) in [5.74, 6) is -1.60. The van der Waals surface area contributed by atoms with Gasteiger partial charge in [0.1, 0.15) is 6.61 Å². The highest BCUT2D eigenvalue weighted by molar-refractivity contribution is 6.98. The van der Waals surface area contributed by atoms with Crippen LogP contribution in [0.15, 0.2) is 91.0 Å². The van der Waals surface area contributed by atoms with Crippen LogP contribution in [0, 0.1) is 0 Å². The molecule has 7 heteroatoms. The third-order valence-corrected chi connectivity index (χ3v) is 10.5. The molecule has 1 atom stereocenters. The highest BCUT2D eigenvalue weighted by Crippen LogP contribution is 2.36. The molecule has 3 rings (SSSR count). The SMILES string of the molecule is CC(C)(CO[C@H](CC(=O)O)CC(=O)OCc1ccccc1)[Si](O)(c1ccccc1)c1ccccc1. The molecule has 0 spiro atoms. The standard InChI is InChI=1S/C28H32O6Si/c1-28(2,35(32,24-14-8-4-9-15-24)25-16-10-5-11-17-25)21-34-23(18-26(29)30)19-27(31)33-20-22-12-6-3-7-13-22/h3-17,23,32H,18-21H2,1-2H3,(H,29,30)/t23-/m1/s1. The van der Waals surface area contributed by atoms with Gasteiger partial charge in [-0.2, -0.15) is 0 Å². The van der Waals surface area contributed by atoms with Gasteiger partial charge in [-0.25, -0.2) is 0 Å². The summed E-state index contributed by atoms with van der Waals surface area (Å²) in [7, 11) is -3.32. The Balaban J connectivity index is 1.75. The maximum atomic E-state index is 12.4. The number of benzene rings is 3. The van der Waals surface area contributed by atoms with Crippen molar-refractivity contribution in [1.82, 2.24) is 0 Å². The molecule has 0 aliphatic carbocycles. The quantitative estimate of drug-likeness (QED) is 0.297. The zero-order chi connectivity index (χ0) is 25.3. The van der Waals surface area contributed by atoms with Crippen LogP contribution in [0.4, 0.5) is 0 Å². The van der Waals surface area contributed by atoms with Crippen molar-refractivity contribution in [2.45, 2.75) is 44.4 Å². The minimum atomic E-state index is -3.32. The van der Waals surface area contributed by atoms with E-state index in [1.165, 1.54) is 0 Å². The van der Waals surface area contributed by atoms with Crippen LogP contribution in [0.3, 0.4) is 0 Å². The molecule has 6 nitrogen and oxygen atoms in total. The molecular weight excluding hydrogens is 460 g/mol. The number of esters is 1. The topological polar surface area (TPSA) is 93.1 Å². The summed E-state index contributed by atoms with van der Waals surface area (Å²) < 4.78 is 11.3. The van der Waals surface area contributed by atoms with Crippen molar-refractivity contribution in [3.05, 3.63) is 96.6 Å². The van der Waals surface area contributed by atoms with Gasteiger partial charge in [0, 0.05) is 5.04 Å². The van der Waals surface area contributed by atoms with Crippen LogP contribution < -0.4 is 10.4 Å². The van der Waals surface area contributed by atoms with Gasteiger partial charge in [0.25, 0.3) is 8.32 Å². The summed E-state index contributed by atoms with van der Waals surface area (Å²) in [5.41, 5.74) is 0.847. The van der Waals surface area contributed by atoms with Crippen molar-refractivity contribution >= 4 is 30.6 Å². The highest BCUT2D eigenvalue weighted by atomic mass is 28.4. The summed E-state index contributed by atoms with van der Waals surface area (Å²) in [6.45, 7) is 4.03. The number of carboxylic acid groups (broad SMARTS) is 1. The second-order valence-electron chi connectivity index (χ2n) is 9.21. The second-order valence-corrected chi connectivity index (χ2v) is 13.1. The van der Waals surface area contributed by atoms with Gasteiger partial charge in [-0.15, -0.1) is 0 Å². The molecule has 35 heavy (non-hydrogen) atoms. The Kier molecular flexibility index (Phi) is 8.98. The fourth-order valence-corrected chi connectivity index (χ4v) is 7.64. The van der Waals surface area contributed by atoms with Crippen LogP contribution >= 0.6 is 0 Å². The van der Waals surface area contributed by atoms with Crippen molar-refractivity contribution in [3.63, 3.8) is 0 Å². The lowest BCUT2D eigenvalue weighted by molar-refractivity contribution is -0.150. The maximum Gasteiger partial charge on any atom is 0.308 e. The molecule has 3 aromatic rings. The van der Waals surface area contributed by atoms with Gasteiger partial charge in [-0.1, -0.05) is 105 Å². The van der Waals surface area contributed by atoms with Crippen molar-refractivity contribution in [2.75, 3.05) is 6.61 Å². The molecule has 0 unspecified atom stereocenters. The molecule has 0 aliphatic rings. The Bertz CT molecular complexity index is 1050. The van der Waals surface area contributed by atoms with Crippen molar-refractivity contribution in [3.8, 4) is 0 Å². The highest BCUT2D eigenvalue weighted by Gasteiger charge is 2.50. The fraction of sp³-hybridized carbons (Fsp3) is 0.286. The van der Waals surface area contributed by atoms with E-state index in [1.807, 2.05) is 105 Å². The molecule has 0 amide bonds. The predicted molar refractivity (Wildman–Crippen MR) is 137 cm³/mol. The lowest BCUT2D eigenvalue weighted by Gasteiger charge is -2.41. The first-order valence-electron chi connectivity index (χ1n) is 11.6. The van der Waals surface area contributed by atoms with E-state index in [0.717, 1.165) is 15.9 Å². The number of carbonyl (C=O) groups is 2. The van der Waals surface area contributed by atoms with E-state index in [-0.39, 0.29) is 26.1 Å². The van der Waals surface area contributed by atoms with Crippen LogP contribution in [0.1, 0.15) is 32.3 Å². The van der Waals surface area contributed by atoms with Gasteiger partial charge in [0.05, 0.1) is 25.6 Å². The van der Waals surface area contributed by atoms with Crippen molar-refractivity contribution in [1.29, 1.82) is 0 Å². The molecular formula is C28H32O6Si. The van der Waals surface area contributed by atoms with Crippen LogP contribution in [0.25, 0.3) is 0 Å². The first-order valence-corrected chi connectivity index (χ1v) is 13.5. The van der Waals surface area contributed by atoms with E-state index >= 15 is 0 Å². The van der Waals surface area contributed by atoms with E-state index in [0.29, 0.717) is 0 Å². The van der Waals surface area contributed by atoms with E-state index in [4.69, 9.17) is 9.47 Å². The lowest BCUT2D eigenvalue weighted by atomic mass is 10.1. The molecule has 184 valence electrons. The summed E-state index contributed by atoms with van der Waals surface area (Å²) in [5, 5.41) is 10.3.